The van der Waals surface area contributed by atoms with Gasteiger partial charge in [0.05, 0.1) is 25.5 Å². The van der Waals surface area contributed by atoms with Crippen LogP contribution in [0.25, 0.3) is 0 Å². The van der Waals surface area contributed by atoms with Crippen LogP contribution >= 0.6 is 0 Å². The second-order valence-corrected chi connectivity index (χ2v) is 5.89. The highest BCUT2D eigenvalue weighted by Gasteiger charge is 2.24. The fourth-order valence-corrected chi connectivity index (χ4v) is 3.04. The number of hydrogen-bond donors (Lipinski definition) is 0. The zero-order valence-electron chi connectivity index (χ0n) is 12.6. The van der Waals surface area contributed by atoms with E-state index in [0.29, 0.717) is 19.0 Å². The van der Waals surface area contributed by atoms with Crippen molar-refractivity contribution in [2.45, 2.75) is 38.8 Å². The van der Waals surface area contributed by atoms with Crippen LogP contribution in [0.2, 0.25) is 0 Å². The number of aromatic nitrogens is 1. The van der Waals surface area contributed by atoms with E-state index in [1.807, 2.05) is 4.90 Å². The maximum atomic E-state index is 12.3. The molecule has 0 saturated carbocycles. The van der Waals surface area contributed by atoms with Gasteiger partial charge in [0.25, 0.3) is 0 Å². The predicted molar refractivity (Wildman–Crippen MR) is 76.7 cm³/mol. The lowest BCUT2D eigenvalue weighted by molar-refractivity contribution is -0.132. The molecule has 116 valence electrons. The Morgan fingerprint density at radius 2 is 2.19 bits per heavy atom. The van der Waals surface area contributed by atoms with Gasteiger partial charge < -0.3 is 14.2 Å². The van der Waals surface area contributed by atoms with Gasteiger partial charge in [-0.1, -0.05) is 5.16 Å². The van der Waals surface area contributed by atoms with Crippen LogP contribution < -0.4 is 0 Å². The summed E-state index contributed by atoms with van der Waals surface area (Å²) in [5.74, 6) is 0.238. The van der Waals surface area contributed by atoms with Crippen LogP contribution in [0.1, 0.15) is 31.0 Å². The zero-order valence-corrected chi connectivity index (χ0v) is 12.6. The summed E-state index contributed by atoms with van der Waals surface area (Å²) < 4.78 is 10.3. The van der Waals surface area contributed by atoms with Crippen LogP contribution in [-0.2, 0) is 22.5 Å². The molecular weight excluding hydrogens is 270 g/mol. The van der Waals surface area contributed by atoms with E-state index in [1.54, 1.807) is 6.26 Å². The van der Waals surface area contributed by atoms with Crippen LogP contribution in [-0.4, -0.2) is 59.8 Å². The van der Waals surface area contributed by atoms with Crippen LogP contribution in [0.5, 0.6) is 0 Å². The van der Waals surface area contributed by atoms with Crippen molar-refractivity contribution in [2.75, 3.05) is 32.8 Å². The van der Waals surface area contributed by atoms with Gasteiger partial charge in [-0.15, -0.1) is 0 Å². The standard InChI is InChI=1S/C15H23N3O3/c1-12(17-6-8-20-9-7-17)2-3-15(19)18-5-4-14-13(10-18)11-21-16-14/h11-12H,2-10H2,1H3/t12-/m0/s1. The lowest BCUT2D eigenvalue weighted by Gasteiger charge is -2.33. The van der Waals surface area contributed by atoms with E-state index in [9.17, 15) is 4.79 Å². The minimum absolute atomic E-state index is 0.238. The largest absolute Gasteiger partial charge is 0.379 e. The molecule has 1 fully saturated rings. The van der Waals surface area contributed by atoms with Gasteiger partial charge in [-0.2, -0.15) is 0 Å². The van der Waals surface area contributed by atoms with Gasteiger partial charge in [0.2, 0.25) is 5.91 Å². The van der Waals surface area contributed by atoms with Crippen molar-refractivity contribution in [1.82, 2.24) is 15.0 Å². The molecule has 3 heterocycles. The molecule has 0 unspecified atom stereocenters. The van der Waals surface area contributed by atoms with Gasteiger partial charge in [-0.05, 0) is 13.3 Å². The molecule has 0 aromatic carbocycles. The molecule has 0 bridgehead atoms. The molecule has 21 heavy (non-hydrogen) atoms. The molecule has 1 aromatic rings. The molecular formula is C15H23N3O3. The Morgan fingerprint density at radius 3 is 3.00 bits per heavy atom. The monoisotopic (exact) mass is 293 g/mol. The Balaban J connectivity index is 1.46. The van der Waals surface area contributed by atoms with Gasteiger partial charge in [0, 0.05) is 44.1 Å². The maximum absolute atomic E-state index is 12.3. The lowest BCUT2D eigenvalue weighted by Crippen LogP contribution is -2.43. The quantitative estimate of drug-likeness (QED) is 0.831. The van der Waals surface area contributed by atoms with Crippen molar-refractivity contribution in [3.05, 3.63) is 17.5 Å². The van der Waals surface area contributed by atoms with Crippen LogP contribution in [0.15, 0.2) is 10.8 Å². The maximum Gasteiger partial charge on any atom is 0.222 e. The van der Waals surface area contributed by atoms with Crippen LogP contribution in [0.3, 0.4) is 0 Å². The van der Waals surface area contributed by atoms with Crippen molar-refractivity contribution in [2.24, 2.45) is 0 Å². The normalized spacial score (nSPS) is 21.1. The summed E-state index contributed by atoms with van der Waals surface area (Å²) >= 11 is 0. The number of carbonyl (C=O) groups excluding carboxylic acids is 1. The molecule has 6 heteroatoms. The Labute approximate surface area is 125 Å². The average Bonchev–Trinajstić information content (AvgIpc) is 3.00. The molecule has 1 atom stereocenters. The number of fused-ring (bicyclic) bond motifs is 1. The molecule has 0 N–H and O–H groups in total. The molecule has 3 rings (SSSR count). The first-order chi connectivity index (χ1) is 10.2. The summed E-state index contributed by atoms with van der Waals surface area (Å²) in [6, 6.07) is 0.439. The third kappa shape index (κ3) is 3.44. The van der Waals surface area contributed by atoms with E-state index in [4.69, 9.17) is 9.26 Å². The second kappa shape index (κ2) is 6.58. The first kappa shape index (κ1) is 14.5. The van der Waals surface area contributed by atoms with E-state index in [1.165, 1.54) is 0 Å². The first-order valence-corrected chi connectivity index (χ1v) is 7.76. The van der Waals surface area contributed by atoms with Crippen molar-refractivity contribution < 1.29 is 14.1 Å². The average molecular weight is 293 g/mol. The topological polar surface area (TPSA) is 58.8 Å². The van der Waals surface area contributed by atoms with Gasteiger partial charge in [-0.25, -0.2) is 0 Å². The number of hydrogen-bond acceptors (Lipinski definition) is 5. The Bertz CT molecular complexity index is 482. The molecule has 1 amide bonds. The van der Waals surface area contributed by atoms with Crippen molar-refractivity contribution >= 4 is 5.91 Å². The second-order valence-electron chi connectivity index (χ2n) is 5.89. The summed E-state index contributed by atoms with van der Waals surface area (Å²) in [6.45, 7) is 7.16. The van der Waals surface area contributed by atoms with E-state index in [0.717, 1.165) is 56.9 Å². The van der Waals surface area contributed by atoms with Crippen LogP contribution in [0.4, 0.5) is 0 Å². The number of rotatable bonds is 4. The number of amides is 1. The predicted octanol–water partition coefficient (Wildman–Crippen LogP) is 1.06. The van der Waals surface area contributed by atoms with Gasteiger partial charge in [0.1, 0.15) is 6.26 Å². The molecule has 1 aromatic heterocycles. The Hall–Kier alpha value is -1.40. The summed E-state index contributed by atoms with van der Waals surface area (Å²) in [5, 5.41) is 3.95. The zero-order chi connectivity index (χ0) is 14.7. The van der Waals surface area contributed by atoms with Crippen molar-refractivity contribution in [3.63, 3.8) is 0 Å². The van der Waals surface area contributed by atoms with E-state index in [-0.39, 0.29) is 5.91 Å². The Morgan fingerprint density at radius 1 is 1.38 bits per heavy atom. The number of ether oxygens (including phenoxy) is 1. The number of morpholine rings is 1. The highest BCUT2D eigenvalue weighted by molar-refractivity contribution is 5.76. The molecule has 2 aliphatic rings. The first-order valence-electron chi connectivity index (χ1n) is 7.76. The molecule has 1 saturated heterocycles. The minimum Gasteiger partial charge on any atom is -0.379 e. The fraction of sp³-hybridized carbons (Fsp3) is 0.733. The van der Waals surface area contributed by atoms with Gasteiger partial charge in [0.15, 0.2) is 0 Å². The van der Waals surface area contributed by atoms with Gasteiger partial charge in [-0.3, -0.25) is 9.69 Å². The number of carbonyl (C=O) groups is 1. The highest BCUT2D eigenvalue weighted by atomic mass is 16.5. The molecule has 0 aliphatic carbocycles. The smallest absolute Gasteiger partial charge is 0.222 e. The summed E-state index contributed by atoms with van der Waals surface area (Å²) in [7, 11) is 0. The summed E-state index contributed by atoms with van der Waals surface area (Å²) in [4.78, 5) is 16.7. The van der Waals surface area contributed by atoms with E-state index >= 15 is 0 Å². The fourth-order valence-electron chi connectivity index (χ4n) is 3.04. The Kier molecular flexibility index (Phi) is 4.55. The van der Waals surface area contributed by atoms with Crippen LogP contribution in [0, 0.1) is 0 Å². The third-order valence-corrected chi connectivity index (χ3v) is 4.51. The third-order valence-electron chi connectivity index (χ3n) is 4.51. The van der Waals surface area contributed by atoms with Crippen molar-refractivity contribution in [1.29, 1.82) is 0 Å². The van der Waals surface area contributed by atoms with Gasteiger partial charge >= 0.3 is 0 Å². The lowest BCUT2D eigenvalue weighted by atomic mass is 10.1. The summed E-state index contributed by atoms with van der Waals surface area (Å²) in [6.07, 6.45) is 3.98. The molecule has 2 aliphatic heterocycles. The minimum atomic E-state index is 0.238. The molecule has 0 spiro atoms. The van der Waals surface area contributed by atoms with Crippen molar-refractivity contribution in [3.8, 4) is 0 Å². The van der Waals surface area contributed by atoms with E-state index in [2.05, 4.69) is 17.0 Å². The van der Waals surface area contributed by atoms with E-state index < -0.39 is 0 Å². The number of nitrogens with zero attached hydrogens (tertiary/aromatic N) is 3. The molecule has 0 radical (unpaired) electrons. The SMILES string of the molecule is C[C@@H](CCC(=O)N1CCc2nocc2C1)N1CCOCC1. The molecule has 6 nitrogen and oxygen atoms in total. The summed E-state index contributed by atoms with van der Waals surface area (Å²) in [5.41, 5.74) is 2.05. The highest BCUT2D eigenvalue weighted by Crippen LogP contribution is 2.19.